The van der Waals surface area contributed by atoms with Crippen LogP contribution in [0.2, 0.25) is 0 Å². The monoisotopic (exact) mass is 777 g/mol. The van der Waals surface area contributed by atoms with E-state index in [-0.39, 0.29) is 5.41 Å². The molecular weight excluding hydrogens is 739 g/mol. The number of aromatic nitrogens is 3. The standard InChI is InChI=1S/C58H39N3/c1-58(2)49-24-9-3-18-41(49)46-30-31-48-55(56(46)58)47-23-4-10-25-50(47)59-57(48)37-17-15-16-36(32-37)38-33-39(60-51-26-11-5-19-42(51)43-20-6-12-27-52(43)60)35-40(34-38)61-53-28-13-7-21-44(53)45-22-8-14-29-54(45)61/h3-35H,1-2H3. The van der Waals surface area contributed by atoms with E-state index in [2.05, 4.69) is 223 Å². The predicted molar refractivity (Wildman–Crippen MR) is 256 cm³/mol. The first-order chi connectivity index (χ1) is 30.0. The lowest BCUT2D eigenvalue weighted by atomic mass is 9.79. The summed E-state index contributed by atoms with van der Waals surface area (Å²) in [4.78, 5) is 5.48. The Morgan fingerprint density at radius 3 is 1.49 bits per heavy atom. The fourth-order valence-electron chi connectivity index (χ4n) is 10.8. The normalized spacial score (nSPS) is 13.2. The van der Waals surface area contributed by atoms with Crippen molar-refractivity contribution >= 4 is 65.3 Å². The van der Waals surface area contributed by atoms with E-state index in [4.69, 9.17) is 4.98 Å². The number of para-hydroxylation sites is 5. The van der Waals surface area contributed by atoms with E-state index in [1.807, 2.05) is 0 Å². The van der Waals surface area contributed by atoms with E-state index in [1.54, 1.807) is 0 Å². The number of rotatable bonds is 4. The van der Waals surface area contributed by atoms with E-state index >= 15 is 0 Å². The number of hydrogen-bond acceptors (Lipinski definition) is 1. The lowest BCUT2D eigenvalue weighted by Gasteiger charge is -2.24. The minimum atomic E-state index is -0.162. The summed E-state index contributed by atoms with van der Waals surface area (Å²) in [5, 5.41) is 8.66. The van der Waals surface area contributed by atoms with Gasteiger partial charge < -0.3 is 9.13 Å². The molecule has 0 atom stereocenters. The number of benzene rings is 9. The van der Waals surface area contributed by atoms with Crippen molar-refractivity contribution in [3.05, 3.63) is 211 Å². The highest BCUT2D eigenvalue weighted by atomic mass is 15.0. The zero-order chi connectivity index (χ0) is 40.4. The van der Waals surface area contributed by atoms with Crippen LogP contribution in [0.4, 0.5) is 0 Å². The SMILES string of the molecule is CC1(C)c2ccccc2-c2ccc3c(-c4cccc(-c5cc(-n6c7ccccc7c7ccccc76)cc(-n6c7ccccc7c7ccccc76)c5)c4)nc4ccccc4c3c21. The largest absolute Gasteiger partial charge is 0.309 e. The van der Waals surface area contributed by atoms with Crippen molar-refractivity contribution < 1.29 is 0 Å². The molecular formula is C58H39N3. The van der Waals surface area contributed by atoms with Gasteiger partial charge in [-0.25, -0.2) is 4.98 Å². The molecule has 0 aliphatic heterocycles. The molecule has 0 unspecified atom stereocenters. The van der Waals surface area contributed by atoms with Gasteiger partial charge in [0.2, 0.25) is 0 Å². The molecule has 0 fully saturated rings. The highest BCUT2D eigenvalue weighted by Gasteiger charge is 2.37. The van der Waals surface area contributed by atoms with Crippen LogP contribution in [-0.4, -0.2) is 14.1 Å². The van der Waals surface area contributed by atoms with E-state index in [1.165, 1.54) is 82.0 Å². The van der Waals surface area contributed by atoms with Crippen molar-refractivity contribution in [3.8, 4) is 44.9 Å². The third-order valence-corrected chi connectivity index (χ3v) is 13.4. The van der Waals surface area contributed by atoms with Gasteiger partial charge in [0, 0.05) is 54.7 Å². The first-order valence-electron chi connectivity index (χ1n) is 21.2. The molecule has 1 aliphatic rings. The van der Waals surface area contributed by atoms with Gasteiger partial charge >= 0.3 is 0 Å². The second-order valence-electron chi connectivity index (χ2n) is 17.1. The molecule has 0 saturated carbocycles. The van der Waals surface area contributed by atoms with Crippen molar-refractivity contribution in [3.63, 3.8) is 0 Å². The van der Waals surface area contributed by atoms with Gasteiger partial charge in [-0.2, -0.15) is 0 Å². The minimum absolute atomic E-state index is 0.162. The topological polar surface area (TPSA) is 22.8 Å². The van der Waals surface area contributed by atoms with Crippen molar-refractivity contribution in [1.82, 2.24) is 14.1 Å². The van der Waals surface area contributed by atoms with Gasteiger partial charge in [-0.1, -0.05) is 159 Å². The fraction of sp³-hybridized carbons (Fsp3) is 0.0517. The Bertz CT molecular complexity index is 3560. The van der Waals surface area contributed by atoms with Crippen molar-refractivity contribution in [2.75, 3.05) is 0 Å². The van der Waals surface area contributed by atoms with Crippen LogP contribution in [0.5, 0.6) is 0 Å². The van der Waals surface area contributed by atoms with E-state index in [9.17, 15) is 0 Å². The van der Waals surface area contributed by atoms with Crippen LogP contribution in [0.15, 0.2) is 200 Å². The lowest BCUT2D eigenvalue weighted by Crippen LogP contribution is -2.15. The Kier molecular flexibility index (Phi) is 7.07. The quantitative estimate of drug-likeness (QED) is 0.163. The molecule has 61 heavy (non-hydrogen) atoms. The van der Waals surface area contributed by atoms with Gasteiger partial charge in [0.1, 0.15) is 0 Å². The van der Waals surface area contributed by atoms with Gasteiger partial charge in [0.05, 0.1) is 33.3 Å². The van der Waals surface area contributed by atoms with Crippen LogP contribution >= 0.6 is 0 Å². The Labute approximate surface area is 353 Å². The zero-order valence-corrected chi connectivity index (χ0v) is 33.9. The molecule has 0 amide bonds. The Morgan fingerprint density at radius 2 is 0.885 bits per heavy atom. The molecule has 3 heteroatoms. The Morgan fingerprint density at radius 1 is 0.377 bits per heavy atom. The lowest BCUT2D eigenvalue weighted by molar-refractivity contribution is 0.666. The molecule has 3 aromatic heterocycles. The summed E-state index contributed by atoms with van der Waals surface area (Å²) in [6.07, 6.45) is 0. The first kappa shape index (κ1) is 34.1. The molecule has 3 nitrogen and oxygen atoms in total. The highest BCUT2D eigenvalue weighted by molar-refractivity contribution is 6.16. The smallest absolute Gasteiger partial charge is 0.0788 e. The summed E-state index contributed by atoms with van der Waals surface area (Å²) in [5.41, 5.74) is 17.6. The molecule has 13 rings (SSSR count). The van der Waals surface area contributed by atoms with Gasteiger partial charge in [-0.15, -0.1) is 0 Å². The molecule has 1 aliphatic carbocycles. The summed E-state index contributed by atoms with van der Waals surface area (Å²) < 4.78 is 4.88. The van der Waals surface area contributed by atoms with E-state index in [0.29, 0.717) is 0 Å². The summed E-state index contributed by atoms with van der Waals surface area (Å²) >= 11 is 0. The Balaban J connectivity index is 1.08. The zero-order valence-electron chi connectivity index (χ0n) is 33.9. The number of nitrogens with zero attached hydrogens (tertiary/aromatic N) is 3. The highest BCUT2D eigenvalue weighted by Crippen LogP contribution is 2.53. The van der Waals surface area contributed by atoms with Crippen LogP contribution in [0, 0.1) is 0 Å². The van der Waals surface area contributed by atoms with Gasteiger partial charge in [-0.05, 0) is 93.4 Å². The maximum atomic E-state index is 5.48. The second-order valence-corrected chi connectivity index (χ2v) is 17.1. The molecule has 9 aromatic carbocycles. The third kappa shape index (κ3) is 4.83. The van der Waals surface area contributed by atoms with Crippen LogP contribution in [0.25, 0.3) is 110 Å². The maximum absolute atomic E-state index is 5.48. The van der Waals surface area contributed by atoms with E-state index in [0.717, 1.165) is 39.3 Å². The molecule has 0 bridgehead atoms. The molecule has 0 spiro atoms. The summed E-state index contributed by atoms with van der Waals surface area (Å²) in [6, 6.07) is 73.5. The van der Waals surface area contributed by atoms with Gasteiger partial charge in [-0.3, -0.25) is 0 Å². The average Bonchev–Trinajstić information content (AvgIpc) is 3.92. The number of fused-ring (bicyclic) bond motifs is 13. The average molecular weight is 778 g/mol. The van der Waals surface area contributed by atoms with Crippen molar-refractivity contribution in [2.45, 2.75) is 19.3 Å². The van der Waals surface area contributed by atoms with Gasteiger partial charge in [0.25, 0.3) is 0 Å². The molecule has 286 valence electrons. The van der Waals surface area contributed by atoms with Crippen molar-refractivity contribution in [1.29, 1.82) is 0 Å². The molecule has 0 saturated heterocycles. The van der Waals surface area contributed by atoms with Crippen LogP contribution < -0.4 is 0 Å². The minimum Gasteiger partial charge on any atom is -0.309 e. The second kappa shape index (κ2) is 12.6. The molecule has 0 radical (unpaired) electrons. The van der Waals surface area contributed by atoms with Crippen LogP contribution in [0.1, 0.15) is 25.0 Å². The maximum Gasteiger partial charge on any atom is 0.0788 e. The molecule has 3 heterocycles. The van der Waals surface area contributed by atoms with Crippen molar-refractivity contribution in [2.24, 2.45) is 0 Å². The van der Waals surface area contributed by atoms with Crippen LogP contribution in [0.3, 0.4) is 0 Å². The predicted octanol–water partition coefficient (Wildman–Crippen LogP) is 15.2. The summed E-state index contributed by atoms with van der Waals surface area (Å²) in [6.45, 7) is 4.76. The summed E-state index contributed by atoms with van der Waals surface area (Å²) in [7, 11) is 0. The summed E-state index contributed by atoms with van der Waals surface area (Å²) in [5.74, 6) is 0. The van der Waals surface area contributed by atoms with Crippen LogP contribution in [-0.2, 0) is 5.41 Å². The third-order valence-electron chi connectivity index (χ3n) is 13.4. The number of pyridine rings is 1. The Hall–Kier alpha value is -7.75. The number of hydrogen-bond donors (Lipinski definition) is 0. The van der Waals surface area contributed by atoms with E-state index < -0.39 is 0 Å². The first-order valence-corrected chi connectivity index (χ1v) is 21.2. The fourth-order valence-corrected chi connectivity index (χ4v) is 10.8. The molecule has 12 aromatic rings. The molecule has 0 N–H and O–H groups in total. The van der Waals surface area contributed by atoms with Gasteiger partial charge in [0.15, 0.2) is 0 Å².